The summed E-state index contributed by atoms with van der Waals surface area (Å²) in [5, 5.41) is 0.137. The number of para-hydroxylation sites is 1. The van der Waals surface area contributed by atoms with Crippen LogP contribution in [0.25, 0.3) is 0 Å². The summed E-state index contributed by atoms with van der Waals surface area (Å²) in [7, 11) is 3.37. The first-order chi connectivity index (χ1) is 15.2. The van der Waals surface area contributed by atoms with Gasteiger partial charge in [0, 0.05) is 4.90 Å². The number of hydrogen-bond donors (Lipinski definition) is 0. The van der Waals surface area contributed by atoms with Crippen LogP contribution in [0.5, 0.6) is 23.0 Å². The SMILES string of the molecule is COc1ccc(C(Sc2ccc(Oc3ccccc3)cc2)c2ccc(OC)cc2)cc1. The van der Waals surface area contributed by atoms with Crippen molar-refractivity contribution in [1.82, 2.24) is 0 Å². The standard InChI is InChI=1S/C27H24O3S/c1-28-22-12-8-20(9-13-22)27(21-10-14-23(29-2)15-11-21)31-26-18-16-25(17-19-26)30-24-6-4-3-5-7-24/h3-19,27H,1-2H3. The van der Waals surface area contributed by atoms with Gasteiger partial charge in [0.2, 0.25) is 0 Å². The summed E-state index contributed by atoms with van der Waals surface area (Å²) in [6.45, 7) is 0. The van der Waals surface area contributed by atoms with Gasteiger partial charge in [0.1, 0.15) is 23.0 Å². The minimum absolute atomic E-state index is 0.137. The van der Waals surface area contributed by atoms with Crippen LogP contribution >= 0.6 is 11.8 Å². The molecule has 0 fully saturated rings. The van der Waals surface area contributed by atoms with Crippen molar-refractivity contribution in [2.24, 2.45) is 0 Å². The van der Waals surface area contributed by atoms with E-state index in [9.17, 15) is 0 Å². The Morgan fingerprint density at radius 3 is 1.45 bits per heavy atom. The van der Waals surface area contributed by atoms with Crippen LogP contribution in [0.4, 0.5) is 0 Å². The Morgan fingerprint density at radius 2 is 0.968 bits per heavy atom. The number of ether oxygens (including phenoxy) is 3. The fourth-order valence-corrected chi connectivity index (χ4v) is 4.38. The van der Waals surface area contributed by atoms with Gasteiger partial charge in [-0.15, -0.1) is 11.8 Å². The minimum atomic E-state index is 0.137. The normalized spacial score (nSPS) is 10.7. The molecular weight excluding hydrogens is 404 g/mol. The highest BCUT2D eigenvalue weighted by molar-refractivity contribution is 7.99. The second kappa shape index (κ2) is 10.1. The molecule has 4 rings (SSSR count). The monoisotopic (exact) mass is 428 g/mol. The largest absolute Gasteiger partial charge is 0.497 e. The first-order valence-electron chi connectivity index (χ1n) is 10.0. The zero-order chi connectivity index (χ0) is 21.5. The Morgan fingerprint density at radius 1 is 0.516 bits per heavy atom. The van der Waals surface area contributed by atoms with E-state index in [2.05, 4.69) is 36.4 Å². The second-order valence-electron chi connectivity index (χ2n) is 6.93. The Hall–Kier alpha value is -3.37. The minimum Gasteiger partial charge on any atom is -0.497 e. The molecule has 0 aromatic heterocycles. The third kappa shape index (κ3) is 5.41. The molecule has 0 atom stereocenters. The summed E-state index contributed by atoms with van der Waals surface area (Å²) in [5.41, 5.74) is 2.42. The Labute approximate surface area is 187 Å². The van der Waals surface area contributed by atoms with Gasteiger partial charge in [0.25, 0.3) is 0 Å². The second-order valence-corrected chi connectivity index (χ2v) is 8.11. The average molecular weight is 429 g/mol. The molecule has 4 aromatic carbocycles. The predicted molar refractivity (Wildman–Crippen MR) is 127 cm³/mol. The zero-order valence-corrected chi connectivity index (χ0v) is 18.3. The number of rotatable bonds is 8. The van der Waals surface area contributed by atoms with Gasteiger partial charge in [0.15, 0.2) is 0 Å². The quantitative estimate of drug-likeness (QED) is 0.274. The molecule has 0 saturated carbocycles. The van der Waals surface area contributed by atoms with Crippen molar-refractivity contribution < 1.29 is 14.2 Å². The van der Waals surface area contributed by atoms with E-state index in [0.717, 1.165) is 27.9 Å². The van der Waals surface area contributed by atoms with E-state index in [-0.39, 0.29) is 5.25 Å². The molecule has 4 aromatic rings. The predicted octanol–water partition coefficient (Wildman–Crippen LogP) is 7.38. The molecule has 31 heavy (non-hydrogen) atoms. The molecule has 0 unspecified atom stereocenters. The fraction of sp³-hybridized carbons (Fsp3) is 0.111. The van der Waals surface area contributed by atoms with Gasteiger partial charge < -0.3 is 14.2 Å². The van der Waals surface area contributed by atoms with Crippen LogP contribution in [0.15, 0.2) is 108 Å². The van der Waals surface area contributed by atoms with Crippen molar-refractivity contribution in [1.29, 1.82) is 0 Å². The Bertz CT molecular complexity index is 1030. The lowest BCUT2D eigenvalue weighted by molar-refractivity contribution is 0.414. The molecule has 0 aliphatic heterocycles. The molecule has 3 nitrogen and oxygen atoms in total. The van der Waals surface area contributed by atoms with Gasteiger partial charge in [0.05, 0.1) is 19.5 Å². The maximum absolute atomic E-state index is 5.92. The maximum Gasteiger partial charge on any atom is 0.127 e. The van der Waals surface area contributed by atoms with Gasteiger partial charge in [-0.2, -0.15) is 0 Å². The lowest BCUT2D eigenvalue weighted by Crippen LogP contribution is -1.98. The first-order valence-corrected chi connectivity index (χ1v) is 10.9. The van der Waals surface area contributed by atoms with Crippen molar-refractivity contribution in [3.63, 3.8) is 0 Å². The van der Waals surface area contributed by atoms with Crippen molar-refractivity contribution in [3.05, 3.63) is 114 Å². The molecule has 0 amide bonds. The van der Waals surface area contributed by atoms with Gasteiger partial charge in [-0.1, -0.05) is 42.5 Å². The smallest absolute Gasteiger partial charge is 0.127 e. The van der Waals surface area contributed by atoms with Gasteiger partial charge in [-0.25, -0.2) is 0 Å². The van der Waals surface area contributed by atoms with E-state index in [0.29, 0.717) is 0 Å². The van der Waals surface area contributed by atoms with Crippen LogP contribution in [-0.2, 0) is 0 Å². The molecule has 0 saturated heterocycles. The molecule has 0 aliphatic rings. The van der Waals surface area contributed by atoms with E-state index < -0.39 is 0 Å². The van der Waals surface area contributed by atoms with Crippen LogP contribution in [0.1, 0.15) is 16.4 Å². The van der Waals surface area contributed by atoms with Crippen molar-refractivity contribution in [2.75, 3.05) is 14.2 Å². The summed E-state index contributed by atoms with van der Waals surface area (Å²) in [6, 6.07) is 34.5. The average Bonchev–Trinajstić information content (AvgIpc) is 2.84. The lowest BCUT2D eigenvalue weighted by Gasteiger charge is -2.19. The van der Waals surface area contributed by atoms with E-state index in [1.165, 1.54) is 11.1 Å². The Balaban J connectivity index is 1.57. The van der Waals surface area contributed by atoms with Crippen molar-refractivity contribution >= 4 is 11.8 Å². The van der Waals surface area contributed by atoms with Crippen LogP contribution in [-0.4, -0.2) is 14.2 Å². The molecule has 0 heterocycles. The number of hydrogen-bond acceptors (Lipinski definition) is 4. The fourth-order valence-electron chi connectivity index (χ4n) is 3.23. The van der Waals surface area contributed by atoms with Crippen LogP contribution in [0, 0.1) is 0 Å². The molecule has 0 N–H and O–H groups in total. The molecule has 156 valence electrons. The van der Waals surface area contributed by atoms with E-state index in [1.54, 1.807) is 26.0 Å². The van der Waals surface area contributed by atoms with E-state index in [4.69, 9.17) is 14.2 Å². The lowest BCUT2D eigenvalue weighted by atomic mass is 10.0. The summed E-state index contributed by atoms with van der Waals surface area (Å²) in [6.07, 6.45) is 0. The third-order valence-electron chi connectivity index (χ3n) is 4.89. The number of thioether (sulfide) groups is 1. The molecule has 4 heteroatoms. The van der Waals surface area contributed by atoms with Crippen LogP contribution in [0.2, 0.25) is 0 Å². The number of benzene rings is 4. The van der Waals surface area contributed by atoms with Gasteiger partial charge in [-0.3, -0.25) is 0 Å². The summed E-state index contributed by atoms with van der Waals surface area (Å²) >= 11 is 1.80. The van der Waals surface area contributed by atoms with Gasteiger partial charge in [-0.05, 0) is 71.8 Å². The molecule has 0 bridgehead atoms. The van der Waals surface area contributed by atoms with Crippen molar-refractivity contribution in [3.8, 4) is 23.0 Å². The first kappa shape index (κ1) is 20.9. The highest BCUT2D eigenvalue weighted by Gasteiger charge is 2.16. The molecule has 0 spiro atoms. The highest BCUT2D eigenvalue weighted by atomic mass is 32.2. The van der Waals surface area contributed by atoms with E-state index in [1.807, 2.05) is 66.7 Å². The molecular formula is C27H24O3S. The van der Waals surface area contributed by atoms with E-state index >= 15 is 0 Å². The zero-order valence-electron chi connectivity index (χ0n) is 17.5. The van der Waals surface area contributed by atoms with Crippen LogP contribution in [0.3, 0.4) is 0 Å². The van der Waals surface area contributed by atoms with Crippen molar-refractivity contribution in [2.45, 2.75) is 10.1 Å². The molecule has 0 radical (unpaired) electrons. The van der Waals surface area contributed by atoms with Gasteiger partial charge >= 0.3 is 0 Å². The summed E-state index contributed by atoms with van der Waals surface area (Å²) < 4.78 is 16.6. The maximum atomic E-state index is 5.92. The summed E-state index contributed by atoms with van der Waals surface area (Å²) in [5.74, 6) is 3.35. The Kier molecular flexibility index (Phi) is 6.80. The topological polar surface area (TPSA) is 27.7 Å². The molecule has 0 aliphatic carbocycles. The summed E-state index contributed by atoms with van der Waals surface area (Å²) in [4.78, 5) is 1.16. The third-order valence-corrected chi connectivity index (χ3v) is 6.22. The number of methoxy groups -OCH3 is 2. The van der Waals surface area contributed by atoms with Crippen LogP contribution < -0.4 is 14.2 Å². The highest BCUT2D eigenvalue weighted by Crippen LogP contribution is 2.42.